The summed E-state index contributed by atoms with van der Waals surface area (Å²) in [5, 5.41) is 2.02. The van der Waals surface area contributed by atoms with E-state index in [0.717, 1.165) is 15.9 Å². The van der Waals surface area contributed by atoms with Gasteiger partial charge >= 0.3 is 6.03 Å². The summed E-state index contributed by atoms with van der Waals surface area (Å²) >= 11 is 0. The molecule has 4 amide bonds. The molecule has 3 aromatic carbocycles. The second kappa shape index (κ2) is 8.09. The number of nitrogens with two attached hydrogens (primary N) is 1. The minimum absolute atomic E-state index is 0.0828. The fourth-order valence-corrected chi connectivity index (χ4v) is 10.0. The van der Waals surface area contributed by atoms with Gasteiger partial charge in [0.2, 0.25) is 5.91 Å². The molecule has 0 radical (unpaired) electrons. The number of carbonyl (C=O) groups is 3. The van der Waals surface area contributed by atoms with Gasteiger partial charge in [-0.2, -0.15) is 4.90 Å². The Morgan fingerprint density at radius 1 is 0.806 bits per heavy atom. The maximum Gasteiger partial charge on any atom is 0.328 e. The summed E-state index contributed by atoms with van der Waals surface area (Å²) in [5.74, 6) is -1.07. The van der Waals surface area contributed by atoms with E-state index in [1.54, 1.807) is 0 Å². The second-order valence-corrected chi connectivity index (χ2v) is 11.7. The van der Waals surface area contributed by atoms with Gasteiger partial charge in [-0.1, -0.05) is 54.6 Å². The Labute approximate surface area is 182 Å². The number of urea groups is 1. The first kappa shape index (κ1) is 21.0. The summed E-state index contributed by atoms with van der Waals surface area (Å²) in [7, 11) is -2.65. The van der Waals surface area contributed by atoms with Gasteiger partial charge in [0.05, 0.1) is 0 Å². The first-order chi connectivity index (χ1) is 14.9. The van der Waals surface area contributed by atoms with E-state index < -0.39 is 30.3 Å². The molecule has 5 nitrogen and oxygen atoms in total. The highest BCUT2D eigenvalue weighted by Gasteiger charge is 2.67. The van der Waals surface area contributed by atoms with Crippen molar-refractivity contribution in [2.45, 2.75) is 24.9 Å². The molecule has 4 rings (SSSR count). The molecule has 0 saturated carbocycles. The van der Waals surface area contributed by atoms with Gasteiger partial charge in [-0.25, -0.2) is 4.79 Å². The van der Waals surface area contributed by atoms with E-state index in [9.17, 15) is 14.4 Å². The average Bonchev–Trinajstić information content (AvgIpc) is 2.79. The van der Waals surface area contributed by atoms with Gasteiger partial charge in [-0.05, 0) is 43.3 Å². The van der Waals surface area contributed by atoms with Crippen LogP contribution in [0.3, 0.4) is 0 Å². The Bertz CT molecular complexity index is 1020. The third-order valence-electron chi connectivity index (χ3n) is 6.13. The van der Waals surface area contributed by atoms with Crippen LogP contribution in [0.5, 0.6) is 0 Å². The van der Waals surface area contributed by atoms with Crippen molar-refractivity contribution in [1.29, 1.82) is 0 Å². The minimum Gasteiger partial charge on any atom is -0.351 e. The van der Waals surface area contributed by atoms with E-state index in [1.807, 2.05) is 97.9 Å². The maximum absolute atomic E-state index is 13.9. The van der Waals surface area contributed by atoms with Crippen molar-refractivity contribution in [3.63, 3.8) is 0 Å². The molecule has 6 heteroatoms. The highest BCUT2D eigenvalue weighted by Crippen LogP contribution is 2.68. The van der Waals surface area contributed by atoms with Crippen LogP contribution in [0.25, 0.3) is 0 Å². The molecule has 1 heterocycles. The van der Waals surface area contributed by atoms with E-state index in [0.29, 0.717) is 11.3 Å². The molecule has 1 atom stereocenters. The topological polar surface area (TPSA) is 80.5 Å². The summed E-state index contributed by atoms with van der Waals surface area (Å²) in [6.07, 6.45) is 0.417. The Balaban J connectivity index is 2.11. The van der Waals surface area contributed by atoms with Crippen molar-refractivity contribution in [1.82, 2.24) is 4.90 Å². The van der Waals surface area contributed by atoms with E-state index in [-0.39, 0.29) is 6.42 Å². The zero-order chi connectivity index (χ0) is 22.1. The molecular weight excluding hydrogens is 407 g/mol. The Hall–Kier alpha value is -3.30. The number of hydrogen-bond acceptors (Lipinski definition) is 3. The van der Waals surface area contributed by atoms with E-state index >= 15 is 0 Å². The summed E-state index contributed by atoms with van der Waals surface area (Å²) in [6.45, 7) is 1.89. The van der Waals surface area contributed by atoms with Crippen LogP contribution in [0.2, 0.25) is 0 Å². The van der Waals surface area contributed by atoms with E-state index in [4.69, 9.17) is 5.73 Å². The number of amides is 4. The SMILES string of the molecule is CC1([P+](c2ccccc2)(c2ccccc2)c2ccccc2)CCC(=O)N(C(N)=O)C1=O. The number of primary amides is 1. The van der Waals surface area contributed by atoms with Gasteiger partial charge < -0.3 is 5.73 Å². The lowest BCUT2D eigenvalue weighted by molar-refractivity contribution is -0.145. The van der Waals surface area contributed by atoms with Gasteiger partial charge in [-0.15, -0.1) is 0 Å². The average molecular weight is 431 g/mol. The van der Waals surface area contributed by atoms with Crippen LogP contribution in [0.15, 0.2) is 91.0 Å². The number of benzene rings is 3. The van der Waals surface area contributed by atoms with Crippen LogP contribution in [0.4, 0.5) is 4.79 Å². The molecule has 1 saturated heterocycles. The molecule has 0 aromatic heterocycles. The monoisotopic (exact) mass is 431 g/mol. The quantitative estimate of drug-likeness (QED) is 0.510. The third kappa shape index (κ3) is 3.17. The standard InChI is InChI=1S/C25H23N2O3P/c1-25(18-17-22(28)27(23(25)29)24(26)30)31(19-11-5-2-6-12-19,20-13-7-3-8-14-20)21-15-9-4-10-16-21/h2-16H,17-18H2,1H3,(H-,26,30)/p+1. The minimum atomic E-state index is -2.65. The molecule has 1 aliphatic heterocycles. The normalized spacial score (nSPS) is 19.3. The third-order valence-corrected chi connectivity index (χ3v) is 11.2. The van der Waals surface area contributed by atoms with Gasteiger partial charge in [0.15, 0.2) is 5.16 Å². The van der Waals surface area contributed by atoms with Crippen LogP contribution < -0.4 is 21.6 Å². The van der Waals surface area contributed by atoms with Gasteiger partial charge in [-0.3, -0.25) is 9.59 Å². The lowest BCUT2D eigenvalue weighted by atomic mass is 9.97. The van der Waals surface area contributed by atoms with Crippen LogP contribution in [-0.2, 0) is 9.59 Å². The van der Waals surface area contributed by atoms with Gasteiger partial charge in [0, 0.05) is 12.8 Å². The molecule has 1 unspecified atom stereocenters. The number of hydrogen-bond donors (Lipinski definition) is 1. The first-order valence-corrected chi connectivity index (χ1v) is 11.9. The zero-order valence-corrected chi connectivity index (χ0v) is 18.2. The molecule has 31 heavy (non-hydrogen) atoms. The summed E-state index contributed by atoms with van der Waals surface area (Å²) in [4.78, 5) is 39.1. The highest BCUT2D eigenvalue weighted by molar-refractivity contribution is 7.97. The molecule has 0 spiro atoms. The molecule has 1 fully saturated rings. The fraction of sp³-hybridized carbons (Fsp3) is 0.160. The predicted octanol–water partition coefficient (Wildman–Crippen LogP) is 2.97. The Morgan fingerprint density at radius 3 is 1.55 bits per heavy atom. The van der Waals surface area contributed by atoms with Crippen molar-refractivity contribution in [2.75, 3.05) is 0 Å². The van der Waals surface area contributed by atoms with Crippen molar-refractivity contribution in [3.05, 3.63) is 91.0 Å². The van der Waals surface area contributed by atoms with Gasteiger partial charge in [0.25, 0.3) is 5.91 Å². The lowest BCUT2D eigenvalue weighted by Crippen LogP contribution is -2.62. The molecule has 0 bridgehead atoms. The van der Waals surface area contributed by atoms with Crippen LogP contribution in [0, 0.1) is 0 Å². The van der Waals surface area contributed by atoms with E-state index in [1.165, 1.54) is 0 Å². The molecule has 3 aromatic rings. The summed E-state index contributed by atoms with van der Waals surface area (Å²) in [5.41, 5.74) is 5.49. The maximum atomic E-state index is 13.9. The number of nitrogens with zero attached hydrogens (tertiary/aromatic N) is 1. The van der Waals surface area contributed by atoms with Gasteiger partial charge in [0.1, 0.15) is 23.2 Å². The number of carbonyl (C=O) groups excluding carboxylic acids is 3. The predicted molar refractivity (Wildman–Crippen MR) is 124 cm³/mol. The van der Waals surface area contributed by atoms with E-state index in [2.05, 4.69) is 0 Å². The highest BCUT2D eigenvalue weighted by atomic mass is 31.2. The van der Waals surface area contributed by atoms with Crippen molar-refractivity contribution >= 4 is 41.0 Å². The molecule has 2 N–H and O–H groups in total. The molecule has 1 aliphatic rings. The number of likely N-dealkylation sites (tertiary alicyclic amines) is 1. The zero-order valence-electron chi connectivity index (χ0n) is 17.3. The first-order valence-electron chi connectivity index (χ1n) is 10.2. The Kier molecular flexibility index (Phi) is 5.47. The lowest BCUT2D eigenvalue weighted by Gasteiger charge is -2.44. The van der Waals surface area contributed by atoms with Crippen molar-refractivity contribution < 1.29 is 14.4 Å². The largest absolute Gasteiger partial charge is 0.351 e. The number of piperidine rings is 1. The fourth-order valence-electron chi connectivity index (χ4n) is 4.71. The second-order valence-electron chi connectivity index (χ2n) is 7.82. The van der Waals surface area contributed by atoms with Crippen LogP contribution in [-0.4, -0.2) is 27.9 Å². The number of rotatable bonds is 4. The molecular formula is C25H24N2O3P+. The van der Waals surface area contributed by atoms with Crippen molar-refractivity contribution in [2.24, 2.45) is 5.73 Å². The molecule has 0 aliphatic carbocycles. The molecule has 156 valence electrons. The Morgan fingerprint density at radius 2 is 1.19 bits per heavy atom. The van der Waals surface area contributed by atoms with Crippen LogP contribution >= 0.6 is 7.26 Å². The summed E-state index contributed by atoms with van der Waals surface area (Å²) in [6, 6.07) is 28.8. The van der Waals surface area contributed by atoms with Crippen LogP contribution in [0.1, 0.15) is 19.8 Å². The summed E-state index contributed by atoms with van der Waals surface area (Å²) < 4.78 is 0. The number of imide groups is 3. The van der Waals surface area contributed by atoms with Crippen molar-refractivity contribution in [3.8, 4) is 0 Å². The smallest absolute Gasteiger partial charge is 0.328 e.